The van der Waals surface area contributed by atoms with E-state index < -0.39 is 0 Å². The van der Waals surface area contributed by atoms with Gasteiger partial charge in [0.2, 0.25) is 0 Å². The first-order valence-electron chi connectivity index (χ1n) is 6.98. The van der Waals surface area contributed by atoms with Gasteiger partial charge in [0.1, 0.15) is 7.05 Å². The first-order valence-corrected chi connectivity index (χ1v) is 6.98. The van der Waals surface area contributed by atoms with E-state index in [1.165, 1.54) is 28.2 Å². The summed E-state index contributed by atoms with van der Waals surface area (Å²) in [7, 11) is 2.36. The first kappa shape index (κ1) is 11.2. The van der Waals surface area contributed by atoms with Crippen LogP contribution in [0.2, 0.25) is 0 Å². The van der Waals surface area contributed by atoms with Crippen molar-refractivity contribution in [2.24, 2.45) is 0 Å². The molecule has 0 amide bonds. The molecule has 4 rings (SSSR count). The van der Waals surface area contributed by atoms with Crippen LogP contribution in [0, 0.1) is 13.8 Å². The average molecular weight is 252 g/mol. The molecule has 2 aliphatic rings. The van der Waals surface area contributed by atoms with Crippen LogP contribution in [0.4, 0.5) is 17.1 Å². The molecule has 1 saturated heterocycles. The molecule has 2 aliphatic heterocycles. The molecule has 0 N–H and O–H groups in total. The Balaban J connectivity index is 2.01. The van der Waals surface area contributed by atoms with Crippen molar-refractivity contribution in [3.63, 3.8) is 0 Å². The minimum Gasteiger partial charge on any atom is -0.0683 e. The van der Waals surface area contributed by atoms with Crippen molar-refractivity contribution in [2.45, 2.75) is 26.9 Å². The number of benzene rings is 2. The highest BCUT2D eigenvalue weighted by atomic mass is 16.1. The maximum atomic E-state index is 2.37. The van der Waals surface area contributed by atoms with Crippen LogP contribution in [0.15, 0.2) is 42.5 Å². The average Bonchev–Trinajstić information content (AvgIpc) is 2.83. The Morgan fingerprint density at radius 3 is 2.32 bits per heavy atom. The van der Waals surface area contributed by atoms with E-state index in [2.05, 4.69) is 70.3 Å². The Labute approximate surface area is 114 Å². The summed E-state index contributed by atoms with van der Waals surface area (Å²) in [5, 5.41) is 0. The Kier molecular flexibility index (Phi) is 1.82. The standard InChI is InChI=1S/C17H20N2/c1-12-9-10-13(2)17(11-12)19-14(3)18(19,4)15-7-5-6-8-16(15)19/h5-11,14H,1-4H3/q+2/t14-,18+,19?/m0/s1. The van der Waals surface area contributed by atoms with Crippen LogP contribution < -0.4 is 9.18 Å². The molecule has 0 aromatic heterocycles. The lowest BCUT2D eigenvalue weighted by Crippen LogP contribution is -2.47. The summed E-state index contributed by atoms with van der Waals surface area (Å²) in [6.45, 7) is 6.78. The van der Waals surface area contributed by atoms with E-state index in [4.69, 9.17) is 0 Å². The molecule has 3 atom stereocenters. The van der Waals surface area contributed by atoms with Gasteiger partial charge in [-0.05, 0) is 24.0 Å². The van der Waals surface area contributed by atoms with E-state index in [0.717, 1.165) is 9.18 Å². The van der Waals surface area contributed by atoms with Gasteiger partial charge in [0, 0.05) is 23.8 Å². The summed E-state index contributed by atoms with van der Waals surface area (Å²) < 4.78 is 2.03. The molecule has 0 bridgehead atoms. The van der Waals surface area contributed by atoms with Gasteiger partial charge in [-0.2, -0.15) is 0 Å². The maximum absolute atomic E-state index is 2.37. The predicted octanol–water partition coefficient (Wildman–Crippen LogP) is 4.17. The Morgan fingerprint density at radius 1 is 0.895 bits per heavy atom. The number of para-hydroxylation sites is 2. The molecule has 0 saturated carbocycles. The predicted molar refractivity (Wildman–Crippen MR) is 81.0 cm³/mol. The SMILES string of the molecule is Cc1ccc(C)c([N+]23c4ccccc4[N@@+]2(C)[C@@H]3C)c1. The first-order chi connectivity index (χ1) is 9.04. The summed E-state index contributed by atoms with van der Waals surface area (Å²) >= 11 is 0. The minimum atomic E-state index is 0.595. The lowest BCUT2D eigenvalue weighted by Gasteiger charge is -2.29. The summed E-state index contributed by atoms with van der Waals surface area (Å²) in [5.74, 6) is 0. The molecule has 2 nitrogen and oxygen atoms in total. The number of hydrogen-bond acceptors (Lipinski definition) is 0. The molecule has 2 heteroatoms. The molecule has 2 aromatic rings. The van der Waals surface area contributed by atoms with Gasteiger partial charge in [-0.15, -0.1) is 0 Å². The van der Waals surface area contributed by atoms with Crippen molar-refractivity contribution in [3.05, 3.63) is 53.6 Å². The Hall–Kier alpha value is -1.64. The molecule has 2 heterocycles. The molecule has 19 heavy (non-hydrogen) atoms. The fourth-order valence-corrected chi connectivity index (χ4v) is 4.19. The van der Waals surface area contributed by atoms with Crippen LogP contribution in [0.1, 0.15) is 18.1 Å². The van der Waals surface area contributed by atoms with Crippen molar-refractivity contribution in [1.29, 1.82) is 0 Å². The molecule has 96 valence electrons. The maximum Gasteiger partial charge on any atom is 0.315 e. The molecule has 0 aliphatic carbocycles. The van der Waals surface area contributed by atoms with Crippen molar-refractivity contribution >= 4 is 17.1 Å². The summed E-state index contributed by atoms with van der Waals surface area (Å²) in [6, 6.07) is 15.7. The Morgan fingerprint density at radius 2 is 1.58 bits per heavy atom. The van der Waals surface area contributed by atoms with E-state index in [9.17, 15) is 0 Å². The molecular weight excluding hydrogens is 232 g/mol. The quantitative estimate of drug-likeness (QED) is 0.528. The van der Waals surface area contributed by atoms with E-state index >= 15 is 0 Å². The smallest absolute Gasteiger partial charge is 0.0683 e. The van der Waals surface area contributed by atoms with Crippen LogP contribution in [0.5, 0.6) is 0 Å². The van der Waals surface area contributed by atoms with Crippen molar-refractivity contribution in [1.82, 2.24) is 9.18 Å². The monoisotopic (exact) mass is 252 g/mol. The zero-order chi connectivity index (χ0) is 13.4. The summed E-state index contributed by atoms with van der Waals surface area (Å²) in [4.78, 5) is 0. The summed E-state index contributed by atoms with van der Waals surface area (Å²) in [5.41, 5.74) is 7.17. The molecule has 1 fully saturated rings. The largest absolute Gasteiger partial charge is 0.315 e. The molecule has 0 spiro atoms. The molecular formula is C17H20N2+2. The van der Waals surface area contributed by atoms with Crippen LogP contribution in [-0.4, -0.2) is 13.2 Å². The van der Waals surface area contributed by atoms with Crippen LogP contribution >= 0.6 is 0 Å². The number of aryl methyl sites for hydroxylation is 2. The lowest BCUT2D eigenvalue weighted by atomic mass is 10.1. The zero-order valence-corrected chi connectivity index (χ0v) is 12.0. The zero-order valence-electron chi connectivity index (χ0n) is 12.0. The van der Waals surface area contributed by atoms with E-state index in [0.29, 0.717) is 6.17 Å². The second-order valence-electron chi connectivity index (χ2n) is 6.12. The van der Waals surface area contributed by atoms with Crippen LogP contribution in [0.3, 0.4) is 0 Å². The van der Waals surface area contributed by atoms with Gasteiger partial charge in [0.15, 0.2) is 5.69 Å². The van der Waals surface area contributed by atoms with Crippen molar-refractivity contribution in [3.8, 4) is 0 Å². The normalized spacial score (nSPS) is 34.2. The van der Waals surface area contributed by atoms with Gasteiger partial charge in [0.25, 0.3) is 11.4 Å². The van der Waals surface area contributed by atoms with Crippen molar-refractivity contribution < 1.29 is 0 Å². The molecule has 0 radical (unpaired) electrons. The van der Waals surface area contributed by atoms with Gasteiger partial charge in [-0.1, -0.05) is 28.9 Å². The number of quaternary nitrogens is 2. The van der Waals surface area contributed by atoms with Crippen LogP contribution in [0.25, 0.3) is 0 Å². The third-order valence-corrected chi connectivity index (χ3v) is 5.34. The second-order valence-corrected chi connectivity index (χ2v) is 6.12. The summed E-state index contributed by atoms with van der Waals surface area (Å²) in [6.07, 6.45) is 0.595. The molecule has 2 aromatic carbocycles. The Bertz CT molecular complexity index is 706. The van der Waals surface area contributed by atoms with Gasteiger partial charge >= 0.3 is 6.17 Å². The fraction of sp³-hybridized carbons (Fsp3) is 0.294. The van der Waals surface area contributed by atoms with Gasteiger partial charge in [-0.25, -0.2) is 0 Å². The third-order valence-electron chi connectivity index (χ3n) is 5.34. The highest BCUT2D eigenvalue weighted by molar-refractivity contribution is 5.90. The fourth-order valence-electron chi connectivity index (χ4n) is 4.19. The molecule has 1 unspecified atom stereocenters. The second kappa shape index (κ2) is 3.09. The number of nitrogens with zero attached hydrogens (tertiary/aromatic N) is 2. The topological polar surface area (TPSA) is 0 Å². The van der Waals surface area contributed by atoms with E-state index in [1.54, 1.807) is 0 Å². The van der Waals surface area contributed by atoms with Crippen molar-refractivity contribution in [2.75, 3.05) is 7.05 Å². The van der Waals surface area contributed by atoms with Gasteiger partial charge in [-0.3, -0.25) is 0 Å². The van der Waals surface area contributed by atoms with Gasteiger partial charge in [0.05, 0.1) is 6.92 Å². The van der Waals surface area contributed by atoms with Crippen LogP contribution in [-0.2, 0) is 0 Å². The number of fused-ring (bicyclic) bond motifs is 4. The number of hydrogen-bond donors (Lipinski definition) is 0. The van der Waals surface area contributed by atoms with E-state index in [1.807, 2.05) is 0 Å². The highest BCUT2D eigenvalue weighted by Crippen LogP contribution is 2.71. The minimum absolute atomic E-state index is 0.595. The highest BCUT2D eigenvalue weighted by Gasteiger charge is 2.90. The number of rotatable bonds is 1. The van der Waals surface area contributed by atoms with Gasteiger partial charge < -0.3 is 0 Å². The third kappa shape index (κ3) is 0.957. The van der Waals surface area contributed by atoms with E-state index in [-0.39, 0.29) is 0 Å². The lowest BCUT2D eigenvalue weighted by molar-refractivity contribution is 0.382.